The number of aromatic nitrogens is 2. The van der Waals surface area contributed by atoms with Gasteiger partial charge in [0.2, 0.25) is 0 Å². The van der Waals surface area contributed by atoms with Gasteiger partial charge in [0, 0.05) is 37.7 Å². The van der Waals surface area contributed by atoms with Crippen molar-refractivity contribution in [1.29, 1.82) is 0 Å². The Hall–Kier alpha value is -2.35. The number of hydrogen-bond acceptors (Lipinski definition) is 4. The van der Waals surface area contributed by atoms with Crippen molar-refractivity contribution in [2.24, 2.45) is 4.99 Å². The van der Waals surface area contributed by atoms with E-state index in [0.29, 0.717) is 19.6 Å². The van der Waals surface area contributed by atoms with E-state index in [1.54, 1.807) is 26.4 Å². The van der Waals surface area contributed by atoms with Crippen LogP contribution in [-0.2, 0) is 16.4 Å². The molecule has 1 fully saturated rings. The minimum Gasteiger partial charge on any atom is -0.357 e. The van der Waals surface area contributed by atoms with Gasteiger partial charge in [-0.3, -0.25) is 0 Å². The molecule has 8 heteroatoms. The Balaban J connectivity index is 1.78. The van der Waals surface area contributed by atoms with E-state index < -0.39 is 14.6 Å². The van der Waals surface area contributed by atoms with Crippen LogP contribution in [0.5, 0.6) is 0 Å². The molecular weight excluding hydrogens is 362 g/mol. The summed E-state index contributed by atoms with van der Waals surface area (Å²) in [6.45, 7) is 7.75. The first kappa shape index (κ1) is 19.4. The molecule has 1 aromatic heterocycles. The molecule has 0 saturated carbocycles. The molecule has 27 heavy (non-hydrogen) atoms. The van der Waals surface area contributed by atoms with Gasteiger partial charge in [-0.25, -0.2) is 18.4 Å². The molecule has 1 aromatic carbocycles. The molecule has 1 N–H and O–H groups in total. The fraction of sp³-hybridized carbons (Fsp3) is 0.474. The number of benzene rings is 1. The van der Waals surface area contributed by atoms with E-state index in [9.17, 15) is 8.42 Å². The lowest BCUT2D eigenvalue weighted by Gasteiger charge is -2.39. The summed E-state index contributed by atoms with van der Waals surface area (Å²) in [7, 11) is -3.07. The van der Waals surface area contributed by atoms with Crippen LogP contribution in [-0.4, -0.2) is 59.0 Å². The quantitative estimate of drug-likeness (QED) is 0.638. The van der Waals surface area contributed by atoms with Gasteiger partial charge in [-0.2, -0.15) is 0 Å². The molecule has 2 aromatic rings. The van der Waals surface area contributed by atoms with Crippen molar-refractivity contribution in [3.05, 3.63) is 48.5 Å². The van der Waals surface area contributed by atoms with Crippen LogP contribution in [0, 0.1) is 0 Å². The van der Waals surface area contributed by atoms with Crippen molar-refractivity contribution >= 4 is 15.8 Å². The highest BCUT2D eigenvalue weighted by atomic mass is 32.2. The summed E-state index contributed by atoms with van der Waals surface area (Å²) >= 11 is 0. The maximum atomic E-state index is 12.3. The summed E-state index contributed by atoms with van der Waals surface area (Å²) in [6.07, 6.45) is 5.42. The topological polar surface area (TPSA) is 79.6 Å². The number of imidazole rings is 1. The molecular formula is C19H27N5O2S. The smallest absolute Gasteiger partial charge is 0.194 e. The van der Waals surface area contributed by atoms with E-state index >= 15 is 0 Å². The van der Waals surface area contributed by atoms with Crippen LogP contribution in [0.3, 0.4) is 0 Å². The first-order valence-corrected chi connectivity index (χ1v) is 10.8. The van der Waals surface area contributed by atoms with E-state index in [0.717, 1.165) is 23.8 Å². The van der Waals surface area contributed by atoms with E-state index in [1.807, 2.05) is 40.8 Å². The second-order valence-corrected chi connectivity index (χ2v) is 10.1. The summed E-state index contributed by atoms with van der Waals surface area (Å²) in [5, 5.41) is 3.30. The van der Waals surface area contributed by atoms with Crippen molar-refractivity contribution in [1.82, 2.24) is 19.8 Å². The molecule has 3 rings (SSSR count). The van der Waals surface area contributed by atoms with Crippen molar-refractivity contribution in [2.75, 3.05) is 25.4 Å². The second kappa shape index (κ2) is 7.72. The fourth-order valence-corrected chi connectivity index (χ4v) is 4.51. The number of nitrogens with one attached hydrogen (secondary N) is 1. The van der Waals surface area contributed by atoms with Gasteiger partial charge in [-0.15, -0.1) is 0 Å². The third-order valence-corrected chi connectivity index (χ3v) is 7.34. The Kier molecular flexibility index (Phi) is 5.55. The zero-order valence-corrected chi connectivity index (χ0v) is 16.9. The molecule has 7 nitrogen and oxygen atoms in total. The third kappa shape index (κ3) is 4.32. The van der Waals surface area contributed by atoms with Gasteiger partial charge >= 0.3 is 0 Å². The van der Waals surface area contributed by atoms with Crippen LogP contribution in [0.4, 0.5) is 0 Å². The Labute approximate surface area is 161 Å². The van der Waals surface area contributed by atoms with E-state index in [-0.39, 0.29) is 5.75 Å². The number of hydrogen-bond donors (Lipinski definition) is 1. The largest absolute Gasteiger partial charge is 0.357 e. The van der Waals surface area contributed by atoms with Crippen molar-refractivity contribution in [3.63, 3.8) is 0 Å². The van der Waals surface area contributed by atoms with Crippen LogP contribution >= 0.6 is 0 Å². The molecule has 0 unspecified atom stereocenters. The van der Waals surface area contributed by atoms with Gasteiger partial charge < -0.3 is 14.8 Å². The molecule has 0 bridgehead atoms. The van der Waals surface area contributed by atoms with E-state index in [1.165, 1.54) is 0 Å². The Bertz CT molecular complexity index is 904. The molecule has 0 aliphatic carbocycles. The normalized spacial score (nSPS) is 19.1. The highest BCUT2D eigenvalue weighted by Crippen LogP contribution is 2.24. The SMILES string of the molecule is CCNC(=NCc1cccc(-n2ccnc2)c1)N1CCS(=O)(=O)C(C)(C)C1. The lowest BCUT2D eigenvalue weighted by Crippen LogP contribution is -2.57. The average molecular weight is 390 g/mol. The number of rotatable bonds is 4. The van der Waals surface area contributed by atoms with E-state index in [4.69, 9.17) is 4.99 Å². The van der Waals surface area contributed by atoms with Crippen molar-refractivity contribution < 1.29 is 8.42 Å². The van der Waals surface area contributed by atoms with Gasteiger partial charge in [0.05, 0.1) is 23.4 Å². The average Bonchev–Trinajstić information content (AvgIpc) is 3.16. The number of guanidine groups is 1. The lowest BCUT2D eigenvalue weighted by molar-refractivity contribution is 0.353. The lowest BCUT2D eigenvalue weighted by atomic mass is 10.2. The molecule has 1 aliphatic rings. The summed E-state index contributed by atoms with van der Waals surface area (Å²) in [5.41, 5.74) is 2.12. The van der Waals surface area contributed by atoms with Crippen molar-refractivity contribution in [3.8, 4) is 5.69 Å². The second-order valence-electron chi connectivity index (χ2n) is 7.31. The van der Waals surface area contributed by atoms with Crippen LogP contribution in [0.2, 0.25) is 0 Å². The molecule has 0 radical (unpaired) electrons. The Morgan fingerprint density at radius 2 is 2.19 bits per heavy atom. The van der Waals surface area contributed by atoms with Crippen LogP contribution in [0.1, 0.15) is 26.3 Å². The predicted molar refractivity (Wildman–Crippen MR) is 108 cm³/mol. The van der Waals surface area contributed by atoms with Crippen LogP contribution < -0.4 is 5.32 Å². The van der Waals surface area contributed by atoms with Gasteiger partial charge in [-0.05, 0) is 38.5 Å². The first-order chi connectivity index (χ1) is 12.8. The van der Waals surface area contributed by atoms with Crippen LogP contribution in [0.25, 0.3) is 5.69 Å². The number of nitrogens with zero attached hydrogens (tertiary/aromatic N) is 4. The zero-order valence-electron chi connectivity index (χ0n) is 16.1. The molecule has 146 valence electrons. The minimum atomic E-state index is -3.07. The molecule has 0 atom stereocenters. The van der Waals surface area contributed by atoms with Gasteiger partial charge in [0.25, 0.3) is 0 Å². The summed E-state index contributed by atoms with van der Waals surface area (Å²) < 4.78 is 25.7. The molecule has 2 heterocycles. The standard InChI is InChI=1S/C19H27N5O2S/c1-4-21-18(23-10-11-27(25,26)19(2,3)14-23)22-13-16-6-5-7-17(12-16)24-9-8-20-15-24/h5-9,12,15H,4,10-11,13-14H2,1-3H3,(H,21,22). The maximum absolute atomic E-state index is 12.3. The van der Waals surface area contributed by atoms with Crippen LogP contribution in [0.15, 0.2) is 48.0 Å². The number of aliphatic imine (C=N–C) groups is 1. The summed E-state index contributed by atoms with van der Waals surface area (Å²) in [4.78, 5) is 10.9. The third-order valence-electron chi connectivity index (χ3n) is 4.80. The maximum Gasteiger partial charge on any atom is 0.194 e. The Morgan fingerprint density at radius 1 is 1.37 bits per heavy atom. The van der Waals surface area contributed by atoms with E-state index in [2.05, 4.69) is 16.4 Å². The molecule has 0 spiro atoms. The van der Waals surface area contributed by atoms with Gasteiger partial charge in [0.1, 0.15) is 0 Å². The first-order valence-electron chi connectivity index (χ1n) is 9.15. The molecule has 1 saturated heterocycles. The molecule has 1 aliphatic heterocycles. The summed E-state index contributed by atoms with van der Waals surface area (Å²) in [5.74, 6) is 0.911. The fourth-order valence-electron chi connectivity index (χ4n) is 3.14. The van der Waals surface area contributed by atoms with Crippen molar-refractivity contribution in [2.45, 2.75) is 32.1 Å². The Morgan fingerprint density at radius 3 is 2.85 bits per heavy atom. The molecule has 0 amide bonds. The minimum absolute atomic E-state index is 0.153. The highest BCUT2D eigenvalue weighted by Gasteiger charge is 2.40. The van der Waals surface area contributed by atoms with Gasteiger partial charge in [0.15, 0.2) is 15.8 Å². The zero-order chi connectivity index (χ0) is 19.5. The monoisotopic (exact) mass is 389 g/mol. The number of sulfone groups is 1. The predicted octanol–water partition coefficient (Wildman–Crippen LogP) is 1.85. The van der Waals surface area contributed by atoms with Gasteiger partial charge in [-0.1, -0.05) is 12.1 Å². The summed E-state index contributed by atoms with van der Waals surface area (Å²) in [6, 6.07) is 8.15. The highest BCUT2D eigenvalue weighted by molar-refractivity contribution is 7.92.